The van der Waals surface area contributed by atoms with Crippen LogP contribution in [0.3, 0.4) is 0 Å². The SMILES string of the molecule is O=C(Oc1ccc(OCc2ccccc2)cc1)c1ccc([N+](=O)[O-])cc1Cl. The van der Waals surface area contributed by atoms with Crippen molar-refractivity contribution in [3.05, 3.63) is 99.1 Å². The van der Waals surface area contributed by atoms with E-state index in [1.807, 2.05) is 30.3 Å². The first-order chi connectivity index (χ1) is 13.0. The van der Waals surface area contributed by atoms with Crippen LogP contribution in [0.15, 0.2) is 72.8 Å². The second-order valence-corrected chi connectivity index (χ2v) is 5.96. The van der Waals surface area contributed by atoms with Gasteiger partial charge in [-0.15, -0.1) is 0 Å². The van der Waals surface area contributed by atoms with E-state index in [2.05, 4.69) is 0 Å². The Morgan fingerprint density at radius 2 is 1.63 bits per heavy atom. The summed E-state index contributed by atoms with van der Waals surface area (Å²) in [6, 6.07) is 19.9. The van der Waals surface area contributed by atoms with E-state index in [0.717, 1.165) is 11.6 Å². The molecule has 0 N–H and O–H groups in total. The molecule has 0 aliphatic heterocycles. The summed E-state index contributed by atoms with van der Waals surface area (Å²) in [7, 11) is 0. The van der Waals surface area contributed by atoms with Gasteiger partial charge in [0, 0.05) is 12.1 Å². The Bertz CT molecular complexity index is 958. The molecule has 0 bridgehead atoms. The third-order valence-electron chi connectivity index (χ3n) is 3.67. The number of rotatable bonds is 6. The second-order valence-electron chi connectivity index (χ2n) is 5.56. The molecule has 0 unspecified atom stereocenters. The molecule has 0 aliphatic carbocycles. The number of carbonyl (C=O) groups excluding carboxylic acids is 1. The molecule has 0 heterocycles. The quantitative estimate of drug-likeness (QED) is 0.257. The third kappa shape index (κ3) is 4.83. The lowest BCUT2D eigenvalue weighted by atomic mass is 10.2. The average Bonchev–Trinajstić information content (AvgIpc) is 2.68. The molecule has 3 aromatic carbocycles. The van der Waals surface area contributed by atoms with Gasteiger partial charge in [-0.1, -0.05) is 41.9 Å². The first-order valence-electron chi connectivity index (χ1n) is 7.96. The van der Waals surface area contributed by atoms with Crippen molar-refractivity contribution >= 4 is 23.3 Å². The third-order valence-corrected chi connectivity index (χ3v) is 3.98. The number of hydrogen-bond donors (Lipinski definition) is 0. The van der Waals surface area contributed by atoms with Crippen molar-refractivity contribution in [2.45, 2.75) is 6.61 Å². The summed E-state index contributed by atoms with van der Waals surface area (Å²) in [6.07, 6.45) is 0. The molecule has 0 fully saturated rings. The molecule has 0 amide bonds. The van der Waals surface area contributed by atoms with Crippen LogP contribution in [0.25, 0.3) is 0 Å². The van der Waals surface area contributed by atoms with Crippen LogP contribution in [0.4, 0.5) is 5.69 Å². The molecule has 7 heteroatoms. The molecule has 3 aromatic rings. The van der Waals surface area contributed by atoms with E-state index in [1.54, 1.807) is 24.3 Å². The molecule has 0 spiro atoms. The van der Waals surface area contributed by atoms with E-state index in [4.69, 9.17) is 21.1 Å². The predicted molar refractivity (Wildman–Crippen MR) is 100 cm³/mol. The minimum Gasteiger partial charge on any atom is -0.489 e. The highest BCUT2D eigenvalue weighted by atomic mass is 35.5. The van der Waals surface area contributed by atoms with E-state index in [0.29, 0.717) is 18.1 Å². The standard InChI is InChI=1S/C20H14ClNO5/c21-19-12-15(22(24)25)6-11-18(19)20(23)27-17-9-7-16(8-10-17)26-13-14-4-2-1-3-5-14/h1-12H,13H2. The van der Waals surface area contributed by atoms with Crippen LogP contribution in [0.5, 0.6) is 11.5 Å². The number of ether oxygens (including phenoxy) is 2. The maximum Gasteiger partial charge on any atom is 0.345 e. The zero-order valence-corrected chi connectivity index (χ0v) is 14.8. The topological polar surface area (TPSA) is 78.7 Å². The molecular weight excluding hydrogens is 370 g/mol. The summed E-state index contributed by atoms with van der Waals surface area (Å²) in [4.78, 5) is 22.3. The lowest BCUT2D eigenvalue weighted by Gasteiger charge is -2.08. The number of esters is 1. The largest absolute Gasteiger partial charge is 0.489 e. The van der Waals surface area contributed by atoms with E-state index < -0.39 is 10.9 Å². The Kier molecular flexibility index (Phi) is 5.68. The molecule has 27 heavy (non-hydrogen) atoms. The van der Waals surface area contributed by atoms with Crippen LogP contribution in [-0.2, 0) is 6.61 Å². The van der Waals surface area contributed by atoms with Gasteiger partial charge >= 0.3 is 5.97 Å². The smallest absolute Gasteiger partial charge is 0.345 e. The number of hydrogen-bond acceptors (Lipinski definition) is 5. The Hall–Kier alpha value is -3.38. The van der Waals surface area contributed by atoms with E-state index >= 15 is 0 Å². The van der Waals surface area contributed by atoms with Crippen LogP contribution >= 0.6 is 11.6 Å². The number of nitro benzene ring substituents is 1. The van der Waals surface area contributed by atoms with Gasteiger partial charge in [0.1, 0.15) is 18.1 Å². The van der Waals surface area contributed by atoms with Crippen molar-refractivity contribution in [3.63, 3.8) is 0 Å². The van der Waals surface area contributed by atoms with Crippen LogP contribution in [0.2, 0.25) is 5.02 Å². The Morgan fingerprint density at radius 3 is 2.26 bits per heavy atom. The fourth-order valence-electron chi connectivity index (χ4n) is 2.29. The van der Waals surface area contributed by atoms with E-state index in [-0.39, 0.29) is 16.3 Å². The lowest BCUT2D eigenvalue weighted by molar-refractivity contribution is -0.384. The molecule has 0 saturated heterocycles. The average molecular weight is 384 g/mol. The van der Waals surface area contributed by atoms with Gasteiger partial charge < -0.3 is 9.47 Å². The van der Waals surface area contributed by atoms with Crippen molar-refractivity contribution in [2.75, 3.05) is 0 Å². The molecule has 0 aromatic heterocycles. The molecule has 0 saturated carbocycles. The summed E-state index contributed by atoms with van der Waals surface area (Å²) in [5, 5.41) is 10.7. The highest BCUT2D eigenvalue weighted by Gasteiger charge is 2.16. The number of carbonyl (C=O) groups is 1. The molecule has 3 rings (SSSR count). The second kappa shape index (κ2) is 8.33. The highest BCUT2D eigenvalue weighted by molar-refractivity contribution is 6.33. The number of halogens is 1. The normalized spacial score (nSPS) is 10.3. The zero-order valence-electron chi connectivity index (χ0n) is 14.0. The summed E-state index contributed by atoms with van der Waals surface area (Å²) in [5.41, 5.74) is 0.893. The maximum absolute atomic E-state index is 12.2. The van der Waals surface area contributed by atoms with Crippen molar-refractivity contribution in [1.29, 1.82) is 0 Å². The van der Waals surface area contributed by atoms with Gasteiger partial charge in [0.25, 0.3) is 5.69 Å². The van der Waals surface area contributed by atoms with Crippen LogP contribution in [0, 0.1) is 10.1 Å². The number of benzene rings is 3. The van der Waals surface area contributed by atoms with Gasteiger partial charge in [-0.05, 0) is 35.9 Å². The van der Waals surface area contributed by atoms with Crippen LogP contribution in [0.1, 0.15) is 15.9 Å². The fraction of sp³-hybridized carbons (Fsp3) is 0.0500. The first kappa shape index (κ1) is 18.4. The van der Waals surface area contributed by atoms with Gasteiger partial charge in [-0.2, -0.15) is 0 Å². The van der Waals surface area contributed by atoms with Crippen molar-refractivity contribution in [3.8, 4) is 11.5 Å². The Morgan fingerprint density at radius 1 is 0.963 bits per heavy atom. The summed E-state index contributed by atoms with van der Waals surface area (Å²) < 4.78 is 10.9. The monoisotopic (exact) mass is 383 g/mol. The molecule has 6 nitrogen and oxygen atoms in total. The van der Waals surface area contributed by atoms with Gasteiger partial charge in [0.2, 0.25) is 0 Å². The number of nitro groups is 1. The van der Waals surface area contributed by atoms with Gasteiger partial charge in [-0.3, -0.25) is 10.1 Å². The maximum atomic E-state index is 12.2. The van der Waals surface area contributed by atoms with Crippen molar-refractivity contribution in [1.82, 2.24) is 0 Å². The Labute approximate surface area is 160 Å². The van der Waals surface area contributed by atoms with Crippen LogP contribution in [-0.4, -0.2) is 10.9 Å². The summed E-state index contributed by atoms with van der Waals surface area (Å²) >= 11 is 5.93. The minimum atomic E-state index is -0.701. The molecular formula is C20H14ClNO5. The molecule has 0 aliphatic rings. The highest BCUT2D eigenvalue weighted by Crippen LogP contribution is 2.25. The molecule has 0 radical (unpaired) electrons. The fourth-order valence-corrected chi connectivity index (χ4v) is 2.54. The van der Waals surface area contributed by atoms with Crippen molar-refractivity contribution in [2.24, 2.45) is 0 Å². The van der Waals surface area contributed by atoms with E-state index in [1.165, 1.54) is 12.1 Å². The minimum absolute atomic E-state index is 0.0444. The zero-order chi connectivity index (χ0) is 19.2. The van der Waals surface area contributed by atoms with Crippen molar-refractivity contribution < 1.29 is 19.2 Å². The predicted octanol–water partition coefficient (Wildman–Crippen LogP) is 5.05. The molecule has 0 atom stereocenters. The first-order valence-corrected chi connectivity index (χ1v) is 8.33. The summed E-state index contributed by atoms with van der Waals surface area (Å²) in [5.74, 6) is 0.237. The van der Waals surface area contributed by atoms with Crippen LogP contribution < -0.4 is 9.47 Å². The van der Waals surface area contributed by atoms with E-state index in [9.17, 15) is 14.9 Å². The van der Waals surface area contributed by atoms with Gasteiger partial charge in [0.05, 0.1) is 15.5 Å². The van der Waals surface area contributed by atoms with Gasteiger partial charge in [0.15, 0.2) is 0 Å². The van der Waals surface area contributed by atoms with Gasteiger partial charge in [-0.25, -0.2) is 4.79 Å². The Balaban J connectivity index is 1.62. The summed E-state index contributed by atoms with van der Waals surface area (Å²) in [6.45, 7) is 0.429. The number of nitrogens with zero attached hydrogens (tertiary/aromatic N) is 1. The lowest BCUT2D eigenvalue weighted by Crippen LogP contribution is -2.09. The number of non-ortho nitro benzene ring substituents is 1. The molecule has 136 valence electrons.